The summed E-state index contributed by atoms with van der Waals surface area (Å²) < 4.78 is 16.9. The predicted molar refractivity (Wildman–Crippen MR) is 362 cm³/mol. The van der Waals surface area contributed by atoms with Gasteiger partial charge < -0.3 is 14.2 Å². The molecule has 1 atom stereocenters. The van der Waals surface area contributed by atoms with Crippen LogP contribution in [-0.2, 0) is 28.6 Å². The number of esters is 3. The first kappa shape index (κ1) is 78.3. The molecule has 83 heavy (non-hydrogen) atoms. The highest BCUT2D eigenvalue weighted by Gasteiger charge is 2.19. The van der Waals surface area contributed by atoms with Crippen molar-refractivity contribution in [3.05, 3.63) is 146 Å². The van der Waals surface area contributed by atoms with Gasteiger partial charge in [0.25, 0.3) is 0 Å². The molecular weight excluding hydrogens is 1020 g/mol. The van der Waals surface area contributed by atoms with Crippen LogP contribution in [0.3, 0.4) is 0 Å². The van der Waals surface area contributed by atoms with Gasteiger partial charge in [-0.05, 0) is 128 Å². The molecule has 0 aromatic rings. The molecule has 6 heteroatoms. The summed E-state index contributed by atoms with van der Waals surface area (Å²) in [6.07, 6.45) is 100. The summed E-state index contributed by atoms with van der Waals surface area (Å²) in [4.78, 5) is 38.3. The van der Waals surface area contributed by atoms with Crippen LogP contribution in [0.15, 0.2) is 146 Å². The molecule has 0 bridgehead atoms. The first-order valence-corrected chi connectivity index (χ1v) is 34.3. The molecule has 0 heterocycles. The molecule has 0 aliphatic rings. The quantitative estimate of drug-likeness (QED) is 0.0261. The van der Waals surface area contributed by atoms with Gasteiger partial charge in [-0.2, -0.15) is 0 Å². The van der Waals surface area contributed by atoms with Gasteiger partial charge in [0.2, 0.25) is 0 Å². The van der Waals surface area contributed by atoms with Gasteiger partial charge in [0.15, 0.2) is 6.10 Å². The van der Waals surface area contributed by atoms with E-state index in [9.17, 15) is 14.4 Å². The topological polar surface area (TPSA) is 78.9 Å². The molecule has 0 aliphatic carbocycles. The molecule has 0 saturated heterocycles. The van der Waals surface area contributed by atoms with Crippen LogP contribution >= 0.6 is 0 Å². The van der Waals surface area contributed by atoms with Crippen LogP contribution in [0.4, 0.5) is 0 Å². The average molecular weight is 1150 g/mol. The van der Waals surface area contributed by atoms with E-state index < -0.39 is 6.10 Å². The van der Waals surface area contributed by atoms with Gasteiger partial charge in [-0.15, -0.1) is 0 Å². The predicted octanol–water partition coefficient (Wildman–Crippen LogP) is 23.9. The highest BCUT2D eigenvalue weighted by Crippen LogP contribution is 2.17. The second kappa shape index (κ2) is 69.8. The fourth-order valence-corrected chi connectivity index (χ4v) is 9.31. The number of hydrogen-bond acceptors (Lipinski definition) is 6. The van der Waals surface area contributed by atoms with Crippen LogP contribution in [0, 0.1) is 0 Å². The summed E-state index contributed by atoms with van der Waals surface area (Å²) >= 11 is 0. The standard InChI is InChI=1S/C77H126O6/c1-4-7-10-13-16-19-22-25-28-30-31-32-33-34-35-36-37-38-39-40-41-42-43-44-45-47-49-52-55-58-61-64-67-70-76(79)82-73-74(72-81-75(78)69-66-63-60-57-54-51-48-27-24-21-18-15-12-9-6-3)83-77(80)71-68-65-62-59-56-53-50-46-29-26-23-20-17-14-11-8-5-2/h7-12,16-21,25-29,31-32,48,50,53,59,62,74H,4-6,13-15,22-24,30,33-47,49,51-52,54-58,60-61,63-73H2,1-3H3/b10-7-,11-8-,12-9-,19-16-,20-17-,21-18-,28-25-,29-26-,32-31-,48-27-,53-50-,62-59-. The van der Waals surface area contributed by atoms with E-state index in [0.29, 0.717) is 19.3 Å². The van der Waals surface area contributed by atoms with Crippen LogP contribution < -0.4 is 0 Å². The van der Waals surface area contributed by atoms with Crippen LogP contribution in [-0.4, -0.2) is 37.2 Å². The Bertz CT molecular complexity index is 1800. The van der Waals surface area contributed by atoms with E-state index in [4.69, 9.17) is 14.2 Å². The molecule has 1 unspecified atom stereocenters. The zero-order valence-electron chi connectivity index (χ0n) is 53.9. The highest BCUT2D eigenvalue weighted by molar-refractivity contribution is 5.71. The minimum Gasteiger partial charge on any atom is -0.462 e. The number of rotatable bonds is 61. The number of unbranched alkanes of at least 4 members (excludes halogenated alkanes) is 26. The van der Waals surface area contributed by atoms with Crippen LogP contribution in [0.2, 0.25) is 0 Å². The van der Waals surface area contributed by atoms with Crippen molar-refractivity contribution < 1.29 is 28.6 Å². The lowest BCUT2D eigenvalue weighted by Crippen LogP contribution is -2.30. The van der Waals surface area contributed by atoms with E-state index in [2.05, 4.69) is 167 Å². The SMILES string of the molecule is CC/C=C\C/C=C\C/C=C\C/C=C\C/C=C\CCCC(=O)OC(COC(=O)CCCCCCC/C=C\C/C=C\C/C=C\CC)COC(=O)CCCCCCCCCCCCCCCCCCCCCC/C=C\C/C=C\C/C=C\C/C=C\CC. The molecule has 0 N–H and O–H groups in total. The second-order valence-corrected chi connectivity index (χ2v) is 22.3. The summed E-state index contributed by atoms with van der Waals surface area (Å²) in [5.41, 5.74) is 0. The Morgan fingerprint density at radius 3 is 0.711 bits per heavy atom. The Morgan fingerprint density at radius 1 is 0.241 bits per heavy atom. The molecule has 0 spiro atoms. The number of hydrogen-bond donors (Lipinski definition) is 0. The fraction of sp³-hybridized carbons (Fsp3) is 0.649. The third kappa shape index (κ3) is 68.0. The maximum Gasteiger partial charge on any atom is 0.306 e. The molecule has 0 aromatic heterocycles. The smallest absolute Gasteiger partial charge is 0.306 e. The summed E-state index contributed by atoms with van der Waals surface area (Å²) in [6, 6.07) is 0. The van der Waals surface area contributed by atoms with Gasteiger partial charge in [0, 0.05) is 19.3 Å². The molecule has 0 rings (SSSR count). The fourth-order valence-electron chi connectivity index (χ4n) is 9.31. The van der Waals surface area contributed by atoms with Crippen molar-refractivity contribution in [3.63, 3.8) is 0 Å². The number of ether oxygens (including phenoxy) is 3. The summed E-state index contributed by atoms with van der Waals surface area (Å²) in [5, 5.41) is 0. The minimum atomic E-state index is -0.820. The van der Waals surface area contributed by atoms with E-state index in [1.807, 2.05) is 0 Å². The van der Waals surface area contributed by atoms with Crippen molar-refractivity contribution >= 4 is 17.9 Å². The normalized spacial score (nSPS) is 13.0. The van der Waals surface area contributed by atoms with E-state index in [1.54, 1.807) is 0 Å². The van der Waals surface area contributed by atoms with Gasteiger partial charge in [-0.3, -0.25) is 14.4 Å². The molecule has 0 radical (unpaired) electrons. The number of allylic oxidation sites excluding steroid dienone is 24. The first-order valence-electron chi connectivity index (χ1n) is 34.3. The van der Waals surface area contributed by atoms with Crippen molar-refractivity contribution in [2.45, 2.75) is 309 Å². The third-order valence-corrected chi connectivity index (χ3v) is 14.3. The van der Waals surface area contributed by atoms with E-state index in [-0.39, 0.29) is 37.5 Å². The van der Waals surface area contributed by atoms with Crippen molar-refractivity contribution in [1.29, 1.82) is 0 Å². The van der Waals surface area contributed by atoms with Gasteiger partial charge >= 0.3 is 17.9 Å². The minimum absolute atomic E-state index is 0.108. The highest BCUT2D eigenvalue weighted by atomic mass is 16.6. The second-order valence-electron chi connectivity index (χ2n) is 22.3. The number of carbonyl (C=O) groups excluding carboxylic acids is 3. The summed E-state index contributed by atoms with van der Waals surface area (Å²) in [6.45, 7) is 6.26. The zero-order chi connectivity index (χ0) is 59.9. The number of carbonyl (C=O) groups is 3. The molecule has 6 nitrogen and oxygen atoms in total. The van der Waals surface area contributed by atoms with Crippen LogP contribution in [0.5, 0.6) is 0 Å². The van der Waals surface area contributed by atoms with Crippen LogP contribution in [0.1, 0.15) is 303 Å². The Kier molecular flexibility index (Phi) is 65.8. The van der Waals surface area contributed by atoms with Crippen LogP contribution in [0.25, 0.3) is 0 Å². The molecule has 0 aromatic carbocycles. The maximum atomic E-state index is 12.9. The van der Waals surface area contributed by atoms with Crippen molar-refractivity contribution in [2.75, 3.05) is 13.2 Å². The van der Waals surface area contributed by atoms with Crippen molar-refractivity contribution in [1.82, 2.24) is 0 Å². The van der Waals surface area contributed by atoms with Gasteiger partial charge in [-0.25, -0.2) is 0 Å². The van der Waals surface area contributed by atoms with Gasteiger partial charge in [0.1, 0.15) is 13.2 Å². The van der Waals surface area contributed by atoms with Gasteiger partial charge in [0.05, 0.1) is 0 Å². The molecule has 0 amide bonds. The monoisotopic (exact) mass is 1150 g/mol. The van der Waals surface area contributed by atoms with Crippen molar-refractivity contribution in [2.24, 2.45) is 0 Å². The summed E-state index contributed by atoms with van der Waals surface area (Å²) in [7, 11) is 0. The maximum absolute atomic E-state index is 12.9. The molecule has 0 fully saturated rings. The van der Waals surface area contributed by atoms with Crippen molar-refractivity contribution in [3.8, 4) is 0 Å². The Balaban J connectivity index is 4.26. The lowest BCUT2D eigenvalue weighted by atomic mass is 10.0. The Hall–Kier alpha value is -4.71. The molecular formula is C77H126O6. The first-order chi connectivity index (χ1) is 41.0. The Labute approximate surface area is 512 Å². The lowest BCUT2D eigenvalue weighted by molar-refractivity contribution is -0.167. The summed E-state index contributed by atoms with van der Waals surface area (Å²) in [5.74, 6) is -0.980. The largest absolute Gasteiger partial charge is 0.462 e. The lowest BCUT2D eigenvalue weighted by Gasteiger charge is -2.18. The average Bonchev–Trinajstić information content (AvgIpc) is 3.49. The molecule has 0 saturated carbocycles. The molecule has 470 valence electrons. The van der Waals surface area contributed by atoms with E-state index in [0.717, 1.165) is 141 Å². The Morgan fingerprint density at radius 2 is 0.446 bits per heavy atom. The molecule has 0 aliphatic heterocycles. The third-order valence-electron chi connectivity index (χ3n) is 14.3. The van der Waals surface area contributed by atoms with E-state index >= 15 is 0 Å². The van der Waals surface area contributed by atoms with E-state index in [1.165, 1.54) is 116 Å². The zero-order valence-corrected chi connectivity index (χ0v) is 53.9. The van der Waals surface area contributed by atoms with Gasteiger partial charge in [-0.1, -0.05) is 301 Å².